The lowest BCUT2D eigenvalue weighted by Gasteiger charge is -2.33. The van der Waals surface area contributed by atoms with Crippen molar-refractivity contribution in [2.75, 3.05) is 0 Å². The van der Waals surface area contributed by atoms with Gasteiger partial charge in [0.25, 0.3) is 5.91 Å². The summed E-state index contributed by atoms with van der Waals surface area (Å²) < 4.78 is 15.9. The highest BCUT2D eigenvalue weighted by Crippen LogP contribution is 2.38. The Morgan fingerprint density at radius 1 is 0.972 bits per heavy atom. The number of amides is 1. The molecule has 1 saturated carbocycles. The monoisotopic (exact) mass is 478 g/mol. The molecule has 0 spiro atoms. The maximum absolute atomic E-state index is 15.9. The normalized spacial score (nSPS) is 19.2. The third-order valence-electron chi connectivity index (χ3n) is 7.13. The number of halogens is 1. The number of benzene rings is 3. The summed E-state index contributed by atoms with van der Waals surface area (Å²) in [5, 5.41) is 4.09. The number of hydrogen-bond acceptors (Lipinski definition) is 2. The molecule has 0 radical (unpaired) electrons. The molecule has 1 heterocycles. The summed E-state index contributed by atoms with van der Waals surface area (Å²) >= 11 is 0. The van der Waals surface area contributed by atoms with E-state index in [-0.39, 0.29) is 23.7 Å². The van der Waals surface area contributed by atoms with Gasteiger partial charge in [0.15, 0.2) is 0 Å². The largest absolute Gasteiger partial charge is 0.349 e. The minimum absolute atomic E-state index is 0.0152. The second-order valence-corrected chi connectivity index (χ2v) is 9.92. The third kappa shape index (κ3) is 5.23. The Balaban J connectivity index is 1.42. The molecule has 4 heteroatoms. The molecule has 3 nitrogen and oxygen atoms in total. The third-order valence-corrected chi connectivity index (χ3v) is 7.13. The molecular formula is C32H31FN2O. The zero-order chi connectivity index (χ0) is 25.1. The molecule has 1 amide bonds. The first-order valence-corrected chi connectivity index (χ1v) is 12.6. The van der Waals surface area contributed by atoms with Crippen LogP contribution in [0.4, 0.5) is 4.39 Å². The van der Waals surface area contributed by atoms with E-state index in [1.165, 1.54) is 5.56 Å². The number of pyridine rings is 1. The smallest absolute Gasteiger partial charge is 0.252 e. The molecule has 3 aromatic carbocycles. The molecule has 1 aliphatic carbocycles. The van der Waals surface area contributed by atoms with E-state index < -0.39 is 0 Å². The molecule has 0 unspecified atom stereocenters. The predicted molar refractivity (Wildman–Crippen MR) is 144 cm³/mol. The Morgan fingerprint density at radius 3 is 2.47 bits per heavy atom. The van der Waals surface area contributed by atoms with E-state index >= 15 is 4.39 Å². The fourth-order valence-corrected chi connectivity index (χ4v) is 5.51. The molecule has 0 aliphatic heterocycles. The molecule has 1 N–H and O–H groups in total. The van der Waals surface area contributed by atoms with Crippen molar-refractivity contribution in [3.05, 3.63) is 118 Å². The molecule has 1 fully saturated rings. The van der Waals surface area contributed by atoms with E-state index in [4.69, 9.17) is 0 Å². The van der Waals surface area contributed by atoms with Crippen molar-refractivity contribution in [3.8, 4) is 0 Å². The number of aryl methyl sites for hydroxylation is 2. The van der Waals surface area contributed by atoms with E-state index in [0.29, 0.717) is 30.4 Å². The van der Waals surface area contributed by atoms with Crippen LogP contribution in [0, 0.1) is 19.8 Å². The van der Waals surface area contributed by atoms with Gasteiger partial charge in [0.1, 0.15) is 5.83 Å². The van der Waals surface area contributed by atoms with Gasteiger partial charge in [0, 0.05) is 23.2 Å². The molecule has 4 aromatic rings. The Bertz CT molecular complexity index is 1400. The average molecular weight is 479 g/mol. The average Bonchev–Trinajstić information content (AvgIpc) is 2.88. The highest BCUT2D eigenvalue weighted by atomic mass is 19.1. The van der Waals surface area contributed by atoms with Gasteiger partial charge in [-0.15, -0.1) is 0 Å². The second-order valence-electron chi connectivity index (χ2n) is 9.92. The standard InChI is InChI=1S/C32H31FN2O/c1-21-16-22(2)18-25(17-21)31(33)27-13-12-26(20-24(27)19-23-8-4-3-5-9-23)35-32(36)29-14-15-34-30-11-7-6-10-28(29)30/h3-11,14-18,24,26H,12-13,19-20H2,1-2H3,(H,35,36)/b31-27-/t24-,26+/m0/s1. The van der Waals surface area contributed by atoms with Crippen molar-refractivity contribution < 1.29 is 9.18 Å². The summed E-state index contributed by atoms with van der Waals surface area (Å²) in [5.41, 5.74) is 6.26. The lowest BCUT2D eigenvalue weighted by atomic mass is 9.77. The molecule has 182 valence electrons. The summed E-state index contributed by atoms with van der Waals surface area (Å²) in [6.07, 6.45) is 4.47. The number of para-hydroxylation sites is 1. The van der Waals surface area contributed by atoms with Crippen LogP contribution in [-0.4, -0.2) is 16.9 Å². The fraction of sp³-hybridized carbons (Fsp3) is 0.250. The van der Waals surface area contributed by atoms with Crippen molar-refractivity contribution in [1.29, 1.82) is 0 Å². The summed E-state index contributed by atoms with van der Waals surface area (Å²) in [5.74, 6) is -0.187. The van der Waals surface area contributed by atoms with Crippen LogP contribution < -0.4 is 5.32 Å². The molecule has 0 saturated heterocycles. The van der Waals surface area contributed by atoms with Crippen molar-refractivity contribution in [3.63, 3.8) is 0 Å². The van der Waals surface area contributed by atoms with Crippen LogP contribution in [0.25, 0.3) is 16.7 Å². The number of aromatic nitrogens is 1. The quantitative estimate of drug-likeness (QED) is 0.325. The van der Waals surface area contributed by atoms with E-state index in [9.17, 15) is 4.79 Å². The number of carbonyl (C=O) groups excluding carboxylic acids is 1. The van der Waals surface area contributed by atoms with Gasteiger partial charge >= 0.3 is 0 Å². The van der Waals surface area contributed by atoms with Crippen molar-refractivity contribution in [1.82, 2.24) is 10.3 Å². The lowest BCUT2D eigenvalue weighted by molar-refractivity contribution is 0.0927. The maximum atomic E-state index is 15.9. The number of nitrogens with zero attached hydrogens (tertiary/aromatic N) is 1. The summed E-state index contributed by atoms with van der Waals surface area (Å²) in [6.45, 7) is 4.01. The number of hydrogen-bond donors (Lipinski definition) is 1. The Morgan fingerprint density at radius 2 is 1.69 bits per heavy atom. The highest BCUT2D eigenvalue weighted by Gasteiger charge is 2.30. The first-order chi connectivity index (χ1) is 17.5. The molecule has 5 rings (SSSR count). The Labute approximate surface area is 212 Å². The second kappa shape index (κ2) is 10.4. The zero-order valence-electron chi connectivity index (χ0n) is 20.8. The SMILES string of the molecule is Cc1cc(C)cc(/C(F)=C2\CC[C@@H](NC(=O)c3ccnc4ccccc34)C[C@@H]2Cc2ccccc2)c1. The van der Waals surface area contributed by atoms with Gasteiger partial charge in [0.2, 0.25) is 0 Å². The van der Waals surface area contributed by atoms with E-state index in [1.807, 2.05) is 68.4 Å². The first kappa shape index (κ1) is 23.9. The molecule has 36 heavy (non-hydrogen) atoms. The first-order valence-electron chi connectivity index (χ1n) is 12.6. The van der Waals surface area contributed by atoms with Crippen molar-refractivity contribution >= 4 is 22.6 Å². The zero-order valence-corrected chi connectivity index (χ0v) is 20.8. The van der Waals surface area contributed by atoms with Crippen LogP contribution in [0.5, 0.6) is 0 Å². The van der Waals surface area contributed by atoms with Gasteiger partial charge in [0.05, 0.1) is 11.1 Å². The number of nitrogens with one attached hydrogen (secondary N) is 1. The summed E-state index contributed by atoms with van der Waals surface area (Å²) in [7, 11) is 0. The van der Waals surface area contributed by atoms with Gasteiger partial charge in [-0.2, -0.15) is 0 Å². The maximum Gasteiger partial charge on any atom is 0.252 e. The molecule has 1 aromatic heterocycles. The lowest BCUT2D eigenvalue weighted by Crippen LogP contribution is -2.39. The molecular weight excluding hydrogens is 447 g/mol. The highest BCUT2D eigenvalue weighted by molar-refractivity contribution is 6.06. The van der Waals surface area contributed by atoms with Crippen LogP contribution in [0.3, 0.4) is 0 Å². The van der Waals surface area contributed by atoms with Gasteiger partial charge in [-0.25, -0.2) is 4.39 Å². The van der Waals surface area contributed by atoms with Crippen LogP contribution in [0.2, 0.25) is 0 Å². The summed E-state index contributed by atoms with van der Waals surface area (Å²) in [6, 6.07) is 25.6. The van der Waals surface area contributed by atoms with E-state index in [0.717, 1.165) is 34.0 Å². The van der Waals surface area contributed by atoms with E-state index in [2.05, 4.69) is 28.5 Å². The predicted octanol–water partition coefficient (Wildman–Crippen LogP) is 7.37. The van der Waals surface area contributed by atoms with Crippen molar-refractivity contribution in [2.24, 2.45) is 5.92 Å². The van der Waals surface area contributed by atoms with Gasteiger partial charge in [-0.05, 0) is 80.9 Å². The number of rotatable bonds is 5. The topological polar surface area (TPSA) is 42.0 Å². The van der Waals surface area contributed by atoms with E-state index in [1.54, 1.807) is 12.3 Å². The van der Waals surface area contributed by atoms with Crippen molar-refractivity contribution in [2.45, 2.75) is 45.6 Å². The van der Waals surface area contributed by atoms with Crippen LogP contribution in [0.15, 0.2) is 90.6 Å². The summed E-state index contributed by atoms with van der Waals surface area (Å²) in [4.78, 5) is 17.7. The van der Waals surface area contributed by atoms with Crippen LogP contribution in [0.1, 0.15) is 51.9 Å². The Hall–Kier alpha value is -3.79. The number of allylic oxidation sites excluding steroid dienone is 1. The molecule has 2 atom stereocenters. The molecule has 1 aliphatic rings. The van der Waals surface area contributed by atoms with Crippen LogP contribution >= 0.6 is 0 Å². The minimum atomic E-state index is -0.104. The minimum Gasteiger partial charge on any atom is -0.349 e. The van der Waals surface area contributed by atoms with Gasteiger partial charge in [-0.1, -0.05) is 65.7 Å². The van der Waals surface area contributed by atoms with Crippen LogP contribution in [-0.2, 0) is 6.42 Å². The Kier molecular flexibility index (Phi) is 6.95. The molecule has 0 bridgehead atoms. The fourth-order valence-electron chi connectivity index (χ4n) is 5.51. The number of fused-ring (bicyclic) bond motifs is 1. The van der Waals surface area contributed by atoms with Gasteiger partial charge in [-0.3, -0.25) is 9.78 Å². The van der Waals surface area contributed by atoms with Gasteiger partial charge < -0.3 is 5.32 Å². The number of carbonyl (C=O) groups is 1.